The Balaban J connectivity index is 2.43. The first-order valence-electron chi connectivity index (χ1n) is 6.17. The molecule has 0 aliphatic carbocycles. The molecule has 0 aliphatic heterocycles. The van der Waals surface area contributed by atoms with Crippen molar-refractivity contribution in [3.8, 4) is 5.75 Å². The molecule has 0 aromatic heterocycles. The van der Waals surface area contributed by atoms with E-state index in [1.54, 1.807) is 13.2 Å². The van der Waals surface area contributed by atoms with Crippen LogP contribution in [0.3, 0.4) is 0 Å². The lowest BCUT2D eigenvalue weighted by Gasteiger charge is -2.11. The van der Waals surface area contributed by atoms with E-state index in [4.69, 9.17) is 4.74 Å². The molecule has 1 amide bonds. The molecule has 0 bridgehead atoms. The lowest BCUT2D eigenvalue weighted by molar-refractivity contribution is -0.0501. The molecule has 0 saturated heterocycles. The number of methoxy groups -OCH3 is 1. The van der Waals surface area contributed by atoms with Crippen molar-refractivity contribution < 1.29 is 23.0 Å². The van der Waals surface area contributed by atoms with Gasteiger partial charge in [0.05, 0.1) is 12.2 Å². The number of nitrogens with one attached hydrogen (secondary N) is 2. The zero-order valence-electron chi connectivity index (χ0n) is 11.2. The topological polar surface area (TPSA) is 59.6 Å². The monoisotopic (exact) mass is 288 g/mol. The van der Waals surface area contributed by atoms with Crippen LogP contribution in [0.15, 0.2) is 24.3 Å². The van der Waals surface area contributed by atoms with Crippen LogP contribution in [-0.4, -0.2) is 45.9 Å². The van der Waals surface area contributed by atoms with Crippen LogP contribution in [-0.2, 0) is 4.74 Å². The van der Waals surface area contributed by atoms with Crippen LogP contribution in [0, 0.1) is 0 Å². The number of carbonyl (C=O) groups excluding carboxylic acids is 1. The number of carbonyl (C=O) groups is 1. The van der Waals surface area contributed by atoms with Gasteiger partial charge in [-0.1, -0.05) is 12.1 Å². The summed E-state index contributed by atoms with van der Waals surface area (Å²) >= 11 is 0. The molecule has 0 radical (unpaired) electrons. The van der Waals surface area contributed by atoms with Crippen molar-refractivity contribution in [2.45, 2.75) is 6.61 Å². The number of para-hydroxylation sites is 1. The van der Waals surface area contributed by atoms with E-state index in [0.717, 1.165) is 0 Å². The van der Waals surface area contributed by atoms with E-state index >= 15 is 0 Å². The van der Waals surface area contributed by atoms with Crippen LogP contribution in [0.4, 0.5) is 8.78 Å². The van der Waals surface area contributed by atoms with Crippen molar-refractivity contribution in [3.05, 3.63) is 29.8 Å². The van der Waals surface area contributed by atoms with Crippen molar-refractivity contribution in [1.82, 2.24) is 10.6 Å². The number of hydrogen-bond donors (Lipinski definition) is 2. The zero-order valence-corrected chi connectivity index (χ0v) is 11.2. The number of ether oxygens (including phenoxy) is 2. The molecule has 20 heavy (non-hydrogen) atoms. The third-order valence-corrected chi connectivity index (χ3v) is 2.42. The zero-order chi connectivity index (χ0) is 14.8. The fourth-order valence-electron chi connectivity index (χ4n) is 1.51. The number of hydrogen-bond acceptors (Lipinski definition) is 4. The summed E-state index contributed by atoms with van der Waals surface area (Å²) in [6, 6.07) is 5.88. The van der Waals surface area contributed by atoms with Crippen LogP contribution in [0.5, 0.6) is 5.75 Å². The molecule has 1 rings (SSSR count). The molecule has 0 unspecified atom stereocenters. The Morgan fingerprint density at radius 2 is 2.00 bits per heavy atom. The Morgan fingerprint density at radius 1 is 1.25 bits per heavy atom. The largest absolute Gasteiger partial charge is 0.434 e. The first kappa shape index (κ1) is 16.3. The predicted octanol–water partition coefficient (Wildman–Crippen LogP) is 1.25. The summed E-state index contributed by atoms with van der Waals surface area (Å²) in [5, 5.41) is 5.67. The van der Waals surface area contributed by atoms with E-state index in [0.29, 0.717) is 26.2 Å². The molecule has 5 nitrogen and oxygen atoms in total. The van der Waals surface area contributed by atoms with Gasteiger partial charge in [0.15, 0.2) is 0 Å². The minimum atomic E-state index is -2.96. The summed E-state index contributed by atoms with van der Waals surface area (Å²) in [5.74, 6) is -0.581. The SMILES string of the molecule is COCCNCCNC(=O)c1ccccc1OC(F)F. The number of rotatable bonds is 9. The number of benzene rings is 1. The van der Waals surface area contributed by atoms with Crippen molar-refractivity contribution in [2.24, 2.45) is 0 Å². The smallest absolute Gasteiger partial charge is 0.387 e. The average Bonchev–Trinajstić information content (AvgIpc) is 2.42. The van der Waals surface area contributed by atoms with Gasteiger partial charge in [-0.15, -0.1) is 0 Å². The minimum Gasteiger partial charge on any atom is -0.434 e. The van der Waals surface area contributed by atoms with E-state index in [2.05, 4.69) is 15.4 Å². The summed E-state index contributed by atoms with van der Waals surface area (Å²) in [4.78, 5) is 11.8. The number of amides is 1. The molecule has 2 N–H and O–H groups in total. The van der Waals surface area contributed by atoms with Crippen molar-refractivity contribution in [2.75, 3.05) is 33.4 Å². The van der Waals surface area contributed by atoms with Crippen molar-refractivity contribution in [1.29, 1.82) is 0 Å². The standard InChI is InChI=1S/C13H18F2N2O3/c1-19-9-8-16-6-7-17-12(18)10-4-2-3-5-11(10)20-13(14)15/h2-5,13,16H,6-9H2,1H3,(H,17,18). The Hall–Kier alpha value is -1.73. The number of alkyl halides is 2. The molecule has 0 saturated carbocycles. The van der Waals surface area contributed by atoms with Crippen LogP contribution < -0.4 is 15.4 Å². The highest BCUT2D eigenvalue weighted by atomic mass is 19.3. The normalized spacial score (nSPS) is 10.6. The van der Waals surface area contributed by atoms with Gasteiger partial charge in [-0.25, -0.2) is 0 Å². The summed E-state index contributed by atoms with van der Waals surface area (Å²) in [6.45, 7) is -0.755. The van der Waals surface area contributed by atoms with Crippen LogP contribution >= 0.6 is 0 Å². The van der Waals surface area contributed by atoms with E-state index in [9.17, 15) is 13.6 Å². The molecule has 0 atom stereocenters. The molecule has 0 spiro atoms. The second-order valence-electron chi connectivity index (χ2n) is 3.87. The molecule has 0 fully saturated rings. The average molecular weight is 288 g/mol. The molecular weight excluding hydrogens is 270 g/mol. The highest BCUT2D eigenvalue weighted by molar-refractivity contribution is 5.96. The Morgan fingerprint density at radius 3 is 2.70 bits per heavy atom. The van der Waals surface area contributed by atoms with Crippen molar-refractivity contribution in [3.63, 3.8) is 0 Å². The van der Waals surface area contributed by atoms with E-state index in [1.807, 2.05) is 0 Å². The van der Waals surface area contributed by atoms with Crippen LogP contribution in [0.1, 0.15) is 10.4 Å². The van der Waals surface area contributed by atoms with E-state index < -0.39 is 12.5 Å². The molecule has 7 heteroatoms. The quantitative estimate of drug-likeness (QED) is 0.672. The lowest BCUT2D eigenvalue weighted by Crippen LogP contribution is -2.33. The van der Waals surface area contributed by atoms with Crippen molar-refractivity contribution >= 4 is 5.91 Å². The molecule has 0 heterocycles. The van der Waals surface area contributed by atoms with E-state index in [1.165, 1.54) is 18.2 Å². The van der Waals surface area contributed by atoms with Gasteiger partial charge in [-0.05, 0) is 12.1 Å². The maximum atomic E-state index is 12.2. The summed E-state index contributed by atoms with van der Waals surface area (Å²) < 4.78 is 33.6. The maximum Gasteiger partial charge on any atom is 0.387 e. The minimum absolute atomic E-state index is 0.0877. The van der Waals surface area contributed by atoms with E-state index in [-0.39, 0.29) is 11.3 Å². The third-order valence-electron chi connectivity index (χ3n) is 2.42. The summed E-state index contributed by atoms with van der Waals surface area (Å²) in [6.07, 6.45) is 0. The molecule has 0 aliphatic rings. The fourth-order valence-corrected chi connectivity index (χ4v) is 1.51. The van der Waals surface area contributed by atoms with Gasteiger partial charge in [0, 0.05) is 26.7 Å². The first-order chi connectivity index (χ1) is 9.65. The second-order valence-corrected chi connectivity index (χ2v) is 3.87. The first-order valence-corrected chi connectivity index (χ1v) is 6.17. The van der Waals surface area contributed by atoms with Gasteiger partial charge in [0.1, 0.15) is 5.75 Å². The van der Waals surface area contributed by atoms with Gasteiger partial charge in [-0.3, -0.25) is 4.79 Å². The van der Waals surface area contributed by atoms with Gasteiger partial charge in [0.25, 0.3) is 5.91 Å². The van der Waals surface area contributed by atoms with Gasteiger partial charge >= 0.3 is 6.61 Å². The molecule has 112 valence electrons. The molecule has 1 aromatic carbocycles. The second kappa shape index (κ2) is 9.22. The van der Waals surface area contributed by atoms with Crippen LogP contribution in [0.2, 0.25) is 0 Å². The van der Waals surface area contributed by atoms with Gasteiger partial charge in [0.2, 0.25) is 0 Å². The predicted molar refractivity (Wildman–Crippen MR) is 70.2 cm³/mol. The fraction of sp³-hybridized carbons (Fsp3) is 0.462. The molecule has 1 aromatic rings. The maximum absolute atomic E-state index is 12.2. The Kier molecular flexibility index (Phi) is 7.52. The highest BCUT2D eigenvalue weighted by Crippen LogP contribution is 2.19. The number of halogens is 2. The molecular formula is C13H18F2N2O3. The van der Waals surface area contributed by atoms with Gasteiger partial charge in [-0.2, -0.15) is 8.78 Å². The lowest BCUT2D eigenvalue weighted by atomic mass is 10.2. The third kappa shape index (κ3) is 5.94. The van der Waals surface area contributed by atoms with Gasteiger partial charge < -0.3 is 20.1 Å². The summed E-state index contributed by atoms with van der Waals surface area (Å²) in [7, 11) is 1.60. The van der Waals surface area contributed by atoms with Crippen LogP contribution in [0.25, 0.3) is 0 Å². The summed E-state index contributed by atoms with van der Waals surface area (Å²) in [5.41, 5.74) is 0.0877. The Bertz CT molecular complexity index is 416. The Labute approximate surface area is 116 Å². The highest BCUT2D eigenvalue weighted by Gasteiger charge is 2.14.